The number of benzene rings is 4. The second-order valence-electron chi connectivity index (χ2n) is 11.0. The minimum absolute atomic E-state index is 0.393. The van der Waals surface area contributed by atoms with Crippen LogP contribution in [0.5, 0.6) is 0 Å². The Balaban J connectivity index is 1.55. The number of rotatable bonds is 13. The summed E-state index contributed by atoms with van der Waals surface area (Å²) in [7, 11) is 0. The largest absolute Gasteiger partial charge is 0.399 e. The summed E-state index contributed by atoms with van der Waals surface area (Å²) in [5.41, 5.74) is 21.9. The Morgan fingerprint density at radius 3 is 0.923 bits per heavy atom. The molecular formula is C37H46N2. The van der Waals surface area contributed by atoms with Crippen LogP contribution in [-0.2, 0) is 0 Å². The fourth-order valence-electron chi connectivity index (χ4n) is 5.91. The summed E-state index contributed by atoms with van der Waals surface area (Å²) in [6.45, 7) is 6.83. The van der Waals surface area contributed by atoms with Gasteiger partial charge in [0, 0.05) is 29.1 Å². The van der Waals surface area contributed by atoms with E-state index >= 15 is 0 Å². The molecule has 0 spiro atoms. The predicted octanol–water partition coefficient (Wildman–Crippen LogP) is 10.0. The maximum atomic E-state index is 5.97. The van der Waals surface area contributed by atoms with Gasteiger partial charge in [0.05, 0.1) is 0 Å². The first-order chi connectivity index (χ1) is 19.0. The van der Waals surface area contributed by atoms with Crippen LogP contribution in [0.25, 0.3) is 0 Å². The predicted molar refractivity (Wildman–Crippen MR) is 169 cm³/mol. The lowest BCUT2D eigenvalue weighted by Crippen LogP contribution is -2.05. The van der Waals surface area contributed by atoms with Crippen LogP contribution in [0, 0.1) is 0 Å². The fraction of sp³-hybridized carbons (Fsp3) is 0.351. The van der Waals surface area contributed by atoms with Gasteiger partial charge in [0.25, 0.3) is 0 Å². The van der Waals surface area contributed by atoms with Gasteiger partial charge < -0.3 is 11.5 Å². The molecule has 4 N–H and O–H groups in total. The minimum atomic E-state index is 0.393. The van der Waals surface area contributed by atoms with Crippen molar-refractivity contribution in [3.63, 3.8) is 0 Å². The van der Waals surface area contributed by atoms with Crippen molar-refractivity contribution < 1.29 is 0 Å². The van der Waals surface area contributed by atoms with E-state index in [4.69, 9.17) is 11.5 Å². The smallest absolute Gasteiger partial charge is 0.0314 e. The van der Waals surface area contributed by atoms with Gasteiger partial charge in [0.2, 0.25) is 0 Å². The van der Waals surface area contributed by atoms with Crippen molar-refractivity contribution in [2.75, 3.05) is 11.5 Å². The summed E-state index contributed by atoms with van der Waals surface area (Å²) in [6, 6.07) is 35.7. The molecule has 0 radical (unpaired) electrons. The van der Waals surface area contributed by atoms with Crippen molar-refractivity contribution in [2.24, 2.45) is 0 Å². The highest BCUT2D eigenvalue weighted by Gasteiger charge is 2.18. The molecule has 0 amide bonds. The van der Waals surface area contributed by atoms with E-state index in [9.17, 15) is 0 Å². The molecule has 0 bridgehead atoms. The highest BCUT2D eigenvalue weighted by Crippen LogP contribution is 2.35. The topological polar surface area (TPSA) is 52.0 Å². The molecule has 0 aliphatic carbocycles. The van der Waals surface area contributed by atoms with Gasteiger partial charge in [-0.15, -0.1) is 0 Å². The Labute approximate surface area is 236 Å². The zero-order valence-corrected chi connectivity index (χ0v) is 24.1. The van der Waals surface area contributed by atoms with Crippen LogP contribution in [0.4, 0.5) is 11.4 Å². The molecule has 2 heteroatoms. The molecule has 4 aromatic carbocycles. The van der Waals surface area contributed by atoms with E-state index in [1.165, 1.54) is 59.1 Å². The highest BCUT2D eigenvalue weighted by atomic mass is 14.5. The van der Waals surface area contributed by atoms with E-state index in [1.807, 2.05) is 24.3 Å². The first kappa shape index (κ1) is 28.5. The van der Waals surface area contributed by atoms with Crippen LogP contribution in [0.15, 0.2) is 97.1 Å². The Morgan fingerprint density at radius 1 is 0.410 bits per heavy atom. The molecule has 0 aliphatic heterocycles. The number of nitrogens with two attached hydrogens (primary N) is 2. The first-order valence-electron chi connectivity index (χ1n) is 14.9. The molecule has 0 heterocycles. The Hall–Kier alpha value is -3.52. The quantitative estimate of drug-likeness (QED) is 0.173. The fourth-order valence-corrected chi connectivity index (χ4v) is 5.91. The lowest BCUT2D eigenvalue weighted by atomic mass is 9.83. The Kier molecular flexibility index (Phi) is 10.3. The molecule has 0 aliphatic rings. The summed E-state index contributed by atoms with van der Waals surface area (Å²) in [5, 5.41) is 0. The van der Waals surface area contributed by atoms with Crippen molar-refractivity contribution in [1.29, 1.82) is 0 Å². The third-order valence-electron chi connectivity index (χ3n) is 8.26. The van der Waals surface area contributed by atoms with Crippen LogP contribution >= 0.6 is 0 Å². The second kappa shape index (κ2) is 14.0. The van der Waals surface area contributed by atoms with E-state index in [0.29, 0.717) is 17.8 Å². The molecule has 0 saturated carbocycles. The van der Waals surface area contributed by atoms with E-state index < -0.39 is 0 Å². The van der Waals surface area contributed by atoms with Gasteiger partial charge in [-0.05, 0) is 76.9 Å². The SMILES string of the molecule is CCCCC(c1ccc(N)cc1)c1ccc(C(CC)c2ccc(C(CCCC)c3ccc(N)cc3)cc2)cc1. The zero-order valence-electron chi connectivity index (χ0n) is 24.1. The standard InChI is InChI=1S/C37H46N2/c1-4-7-9-36(31-19-23-33(38)24-20-31)29-15-11-27(12-16-29)35(6-3)28-13-17-30(18-14-28)37(10-8-5-2)32-21-25-34(39)26-22-32/h11-26,35-37H,4-10,38-39H2,1-3H3. The second-order valence-corrected chi connectivity index (χ2v) is 11.0. The van der Waals surface area contributed by atoms with Crippen LogP contribution in [0.1, 0.15) is 117 Å². The number of nitrogen functional groups attached to an aromatic ring is 2. The van der Waals surface area contributed by atoms with Crippen molar-refractivity contribution in [3.05, 3.63) is 130 Å². The molecule has 2 unspecified atom stereocenters. The summed E-state index contributed by atoms with van der Waals surface area (Å²) in [6.07, 6.45) is 8.24. The number of hydrogen-bond donors (Lipinski definition) is 2. The number of hydrogen-bond acceptors (Lipinski definition) is 2. The van der Waals surface area contributed by atoms with E-state index in [2.05, 4.69) is 93.6 Å². The lowest BCUT2D eigenvalue weighted by Gasteiger charge is -2.22. The summed E-state index contributed by atoms with van der Waals surface area (Å²) in [5.74, 6) is 1.21. The molecular weight excluding hydrogens is 472 g/mol. The molecule has 4 rings (SSSR count). The van der Waals surface area contributed by atoms with Crippen LogP contribution < -0.4 is 11.5 Å². The minimum Gasteiger partial charge on any atom is -0.399 e. The Bertz CT molecular complexity index is 1150. The molecule has 2 nitrogen and oxygen atoms in total. The van der Waals surface area contributed by atoms with Gasteiger partial charge in [-0.1, -0.05) is 119 Å². The number of unbranched alkanes of at least 4 members (excludes halogenated alkanes) is 2. The van der Waals surface area contributed by atoms with Gasteiger partial charge in [0.15, 0.2) is 0 Å². The number of anilines is 2. The average molecular weight is 519 g/mol. The molecule has 4 aromatic rings. The Morgan fingerprint density at radius 2 is 0.667 bits per heavy atom. The maximum absolute atomic E-state index is 5.97. The van der Waals surface area contributed by atoms with Gasteiger partial charge in [0.1, 0.15) is 0 Å². The third kappa shape index (κ3) is 7.32. The summed E-state index contributed by atoms with van der Waals surface area (Å²) < 4.78 is 0. The van der Waals surface area contributed by atoms with Gasteiger partial charge in [-0.25, -0.2) is 0 Å². The molecule has 39 heavy (non-hydrogen) atoms. The van der Waals surface area contributed by atoms with Crippen molar-refractivity contribution >= 4 is 11.4 Å². The maximum Gasteiger partial charge on any atom is 0.0314 e. The van der Waals surface area contributed by atoms with Crippen molar-refractivity contribution in [1.82, 2.24) is 0 Å². The van der Waals surface area contributed by atoms with Crippen molar-refractivity contribution in [3.8, 4) is 0 Å². The van der Waals surface area contributed by atoms with E-state index in [-0.39, 0.29) is 0 Å². The zero-order chi connectivity index (χ0) is 27.6. The van der Waals surface area contributed by atoms with Gasteiger partial charge in [-0.2, -0.15) is 0 Å². The molecule has 2 atom stereocenters. The third-order valence-corrected chi connectivity index (χ3v) is 8.26. The van der Waals surface area contributed by atoms with Crippen LogP contribution in [0.2, 0.25) is 0 Å². The highest BCUT2D eigenvalue weighted by molar-refractivity contribution is 5.45. The first-order valence-corrected chi connectivity index (χ1v) is 14.9. The normalized spacial score (nSPS) is 13.6. The van der Waals surface area contributed by atoms with Gasteiger partial charge in [-0.3, -0.25) is 0 Å². The van der Waals surface area contributed by atoms with E-state index in [0.717, 1.165) is 30.6 Å². The van der Waals surface area contributed by atoms with E-state index in [1.54, 1.807) is 0 Å². The monoisotopic (exact) mass is 518 g/mol. The summed E-state index contributed by atoms with van der Waals surface area (Å²) in [4.78, 5) is 0. The summed E-state index contributed by atoms with van der Waals surface area (Å²) >= 11 is 0. The molecule has 204 valence electrons. The van der Waals surface area contributed by atoms with Gasteiger partial charge >= 0.3 is 0 Å². The lowest BCUT2D eigenvalue weighted by molar-refractivity contribution is 0.649. The van der Waals surface area contributed by atoms with Crippen LogP contribution in [0.3, 0.4) is 0 Å². The molecule has 0 aromatic heterocycles. The molecule has 0 saturated heterocycles. The van der Waals surface area contributed by atoms with Crippen molar-refractivity contribution in [2.45, 2.75) is 83.5 Å². The molecule has 0 fully saturated rings. The average Bonchev–Trinajstić information content (AvgIpc) is 2.97. The van der Waals surface area contributed by atoms with Crippen LogP contribution in [-0.4, -0.2) is 0 Å².